The molecule has 0 aromatic rings. The Balaban J connectivity index is 2.25. The van der Waals surface area contributed by atoms with Crippen LogP contribution in [0.5, 0.6) is 0 Å². The van der Waals surface area contributed by atoms with Gasteiger partial charge in [-0.25, -0.2) is 0 Å². The molecule has 3 nitrogen and oxygen atoms in total. The Hall–Kier alpha value is -0.570. The van der Waals surface area contributed by atoms with E-state index in [1.54, 1.807) is 0 Å². The highest BCUT2D eigenvalue weighted by molar-refractivity contribution is 5.76. The first-order valence-electron chi connectivity index (χ1n) is 5.52. The van der Waals surface area contributed by atoms with E-state index in [2.05, 4.69) is 13.8 Å². The molecular formula is C11H21NO2. The van der Waals surface area contributed by atoms with E-state index in [1.165, 1.54) is 0 Å². The Kier molecular flexibility index (Phi) is 4.39. The van der Waals surface area contributed by atoms with Gasteiger partial charge < -0.3 is 10.0 Å². The van der Waals surface area contributed by atoms with Crippen molar-refractivity contribution in [1.29, 1.82) is 0 Å². The average molecular weight is 199 g/mol. The summed E-state index contributed by atoms with van der Waals surface area (Å²) in [6.07, 6.45) is 2.60. The second kappa shape index (κ2) is 5.35. The minimum Gasteiger partial charge on any atom is -0.396 e. The minimum absolute atomic E-state index is 0.216. The molecule has 1 N–H and O–H groups in total. The summed E-state index contributed by atoms with van der Waals surface area (Å²) in [6, 6.07) is 0. The number of aliphatic hydroxyl groups excluding tert-OH is 1. The van der Waals surface area contributed by atoms with Crippen LogP contribution in [0.2, 0.25) is 0 Å². The molecule has 1 unspecified atom stereocenters. The molecule has 0 spiro atoms. The maximum absolute atomic E-state index is 11.7. The van der Waals surface area contributed by atoms with E-state index in [0.29, 0.717) is 18.3 Å². The molecular weight excluding hydrogens is 178 g/mol. The zero-order chi connectivity index (χ0) is 10.6. The van der Waals surface area contributed by atoms with Crippen LogP contribution in [-0.4, -0.2) is 35.6 Å². The van der Waals surface area contributed by atoms with Gasteiger partial charge in [-0.15, -0.1) is 0 Å². The van der Waals surface area contributed by atoms with Gasteiger partial charge in [-0.3, -0.25) is 4.79 Å². The second-order valence-electron chi connectivity index (χ2n) is 4.61. The van der Waals surface area contributed by atoms with Crippen LogP contribution in [0.1, 0.15) is 33.1 Å². The molecule has 1 saturated heterocycles. The highest BCUT2D eigenvalue weighted by Crippen LogP contribution is 2.17. The number of amides is 1. The maximum atomic E-state index is 11.7. The lowest BCUT2D eigenvalue weighted by Crippen LogP contribution is -2.29. The predicted octanol–water partition coefficient (Wildman–Crippen LogP) is 1.26. The molecule has 0 aliphatic carbocycles. The summed E-state index contributed by atoms with van der Waals surface area (Å²) in [6.45, 7) is 6.07. The van der Waals surface area contributed by atoms with Gasteiger partial charge in [-0.2, -0.15) is 0 Å². The van der Waals surface area contributed by atoms with Crippen molar-refractivity contribution in [3.63, 3.8) is 0 Å². The predicted molar refractivity (Wildman–Crippen MR) is 55.8 cm³/mol. The van der Waals surface area contributed by atoms with Crippen LogP contribution in [0.3, 0.4) is 0 Å². The molecule has 1 amide bonds. The number of hydrogen-bond donors (Lipinski definition) is 1. The molecule has 3 heteroatoms. The first-order valence-corrected chi connectivity index (χ1v) is 5.52. The van der Waals surface area contributed by atoms with Crippen LogP contribution in [0.4, 0.5) is 0 Å². The lowest BCUT2D eigenvalue weighted by molar-refractivity contribution is -0.130. The van der Waals surface area contributed by atoms with Gasteiger partial charge in [0.1, 0.15) is 0 Å². The Bertz CT molecular complexity index is 192. The normalized spacial score (nSPS) is 22.0. The van der Waals surface area contributed by atoms with Gasteiger partial charge in [-0.05, 0) is 18.8 Å². The first kappa shape index (κ1) is 11.5. The van der Waals surface area contributed by atoms with Crippen LogP contribution >= 0.6 is 0 Å². The SMILES string of the molecule is CC(C)CCC(=O)N1CCC(CO)C1. The van der Waals surface area contributed by atoms with Crippen LogP contribution in [0.15, 0.2) is 0 Å². The summed E-state index contributed by atoms with van der Waals surface area (Å²) >= 11 is 0. The molecule has 14 heavy (non-hydrogen) atoms. The summed E-state index contributed by atoms with van der Waals surface area (Å²) in [5, 5.41) is 8.95. The van der Waals surface area contributed by atoms with Crippen molar-refractivity contribution < 1.29 is 9.90 Å². The number of likely N-dealkylation sites (tertiary alicyclic amines) is 1. The van der Waals surface area contributed by atoms with E-state index in [4.69, 9.17) is 5.11 Å². The summed E-state index contributed by atoms with van der Waals surface area (Å²) in [7, 11) is 0. The monoisotopic (exact) mass is 199 g/mol. The van der Waals surface area contributed by atoms with E-state index in [0.717, 1.165) is 25.9 Å². The van der Waals surface area contributed by atoms with E-state index < -0.39 is 0 Å². The van der Waals surface area contributed by atoms with E-state index in [1.807, 2.05) is 4.90 Å². The molecule has 0 saturated carbocycles. The van der Waals surface area contributed by atoms with Crippen molar-refractivity contribution in [1.82, 2.24) is 4.90 Å². The summed E-state index contributed by atoms with van der Waals surface area (Å²) in [4.78, 5) is 13.5. The number of nitrogens with zero attached hydrogens (tertiary/aromatic N) is 1. The molecule has 0 aromatic carbocycles. The molecule has 1 fully saturated rings. The topological polar surface area (TPSA) is 40.5 Å². The van der Waals surface area contributed by atoms with Gasteiger partial charge in [0, 0.05) is 32.0 Å². The Labute approximate surface area is 86.1 Å². The van der Waals surface area contributed by atoms with Crippen molar-refractivity contribution in [2.24, 2.45) is 11.8 Å². The fourth-order valence-corrected chi connectivity index (χ4v) is 1.78. The van der Waals surface area contributed by atoms with Gasteiger partial charge in [0.05, 0.1) is 0 Å². The average Bonchev–Trinajstić information content (AvgIpc) is 2.62. The number of carbonyl (C=O) groups excluding carboxylic acids is 1. The van der Waals surface area contributed by atoms with Crippen LogP contribution in [0, 0.1) is 11.8 Å². The fourth-order valence-electron chi connectivity index (χ4n) is 1.78. The Morgan fingerprint density at radius 1 is 1.57 bits per heavy atom. The molecule has 1 rings (SSSR count). The Morgan fingerprint density at radius 2 is 2.29 bits per heavy atom. The van der Waals surface area contributed by atoms with E-state index in [-0.39, 0.29) is 12.5 Å². The minimum atomic E-state index is 0.216. The molecule has 1 aliphatic heterocycles. The molecule has 0 aromatic heterocycles. The van der Waals surface area contributed by atoms with E-state index in [9.17, 15) is 4.79 Å². The summed E-state index contributed by atoms with van der Waals surface area (Å²) < 4.78 is 0. The van der Waals surface area contributed by atoms with Crippen molar-refractivity contribution in [2.75, 3.05) is 19.7 Å². The molecule has 1 heterocycles. The van der Waals surface area contributed by atoms with Crippen molar-refractivity contribution in [3.05, 3.63) is 0 Å². The second-order valence-corrected chi connectivity index (χ2v) is 4.61. The summed E-state index contributed by atoms with van der Waals surface area (Å²) in [5.41, 5.74) is 0. The van der Waals surface area contributed by atoms with Crippen LogP contribution < -0.4 is 0 Å². The molecule has 1 aliphatic rings. The number of hydrogen-bond acceptors (Lipinski definition) is 2. The quantitative estimate of drug-likeness (QED) is 0.740. The third kappa shape index (κ3) is 3.29. The molecule has 0 radical (unpaired) electrons. The van der Waals surface area contributed by atoms with Crippen molar-refractivity contribution in [3.8, 4) is 0 Å². The maximum Gasteiger partial charge on any atom is 0.222 e. The van der Waals surface area contributed by atoms with Crippen LogP contribution in [0.25, 0.3) is 0 Å². The Morgan fingerprint density at radius 3 is 2.79 bits per heavy atom. The standard InChI is InChI=1S/C11H21NO2/c1-9(2)3-4-11(14)12-6-5-10(7-12)8-13/h9-10,13H,3-8H2,1-2H3. The van der Waals surface area contributed by atoms with Crippen molar-refractivity contribution >= 4 is 5.91 Å². The smallest absolute Gasteiger partial charge is 0.222 e. The fraction of sp³-hybridized carbons (Fsp3) is 0.909. The highest BCUT2D eigenvalue weighted by Gasteiger charge is 2.25. The zero-order valence-electron chi connectivity index (χ0n) is 9.20. The molecule has 1 atom stereocenters. The lowest BCUT2D eigenvalue weighted by Gasteiger charge is -2.16. The van der Waals surface area contributed by atoms with Gasteiger partial charge in [0.15, 0.2) is 0 Å². The first-order chi connectivity index (χ1) is 6.63. The third-order valence-electron chi connectivity index (χ3n) is 2.83. The molecule has 82 valence electrons. The van der Waals surface area contributed by atoms with Gasteiger partial charge in [0.2, 0.25) is 5.91 Å². The molecule has 0 bridgehead atoms. The number of carbonyl (C=O) groups is 1. The van der Waals surface area contributed by atoms with E-state index >= 15 is 0 Å². The summed E-state index contributed by atoms with van der Waals surface area (Å²) in [5.74, 6) is 1.17. The van der Waals surface area contributed by atoms with Gasteiger partial charge >= 0.3 is 0 Å². The van der Waals surface area contributed by atoms with Crippen LogP contribution in [-0.2, 0) is 4.79 Å². The third-order valence-corrected chi connectivity index (χ3v) is 2.83. The number of rotatable bonds is 4. The highest BCUT2D eigenvalue weighted by atomic mass is 16.3. The lowest BCUT2D eigenvalue weighted by atomic mass is 10.1. The number of aliphatic hydroxyl groups is 1. The van der Waals surface area contributed by atoms with Gasteiger partial charge in [-0.1, -0.05) is 13.8 Å². The van der Waals surface area contributed by atoms with Crippen molar-refractivity contribution in [2.45, 2.75) is 33.1 Å². The zero-order valence-corrected chi connectivity index (χ0v) is 9.20. The largest absolute Gasteiger partial charge is 0.396 e. The van der Waals surface area contributed by atoms with Gasteiger partial charge in [0.25, 0.3) is 0 Å².